The molecule has 2 nitrogen and oxygen atoms in total. The first-order valence-electron chi connectivity index (χ1n) is 8.02. The molecule has 1 aromatic carbocycles. The predicted molar refractivity (Wildman–Crippen MR) is 92.1 cm³/mol. The van der Waals surface area contributed by atoms with Gasteiger partial charge in [0.2, 0.25) is 0 Å². The number of hydrogen-bond acceptors (Lipinski definition) is 2. The van der Waals surface area contributed by atoms with E-state index in [1.54, 1.807) is 0 Å². The van der Waals surface area contributed by atoms with Gasteiger partial charge < -0.3 is 5.11 Å². The van der Waals surface area contributed by atoms with Crippen LogP contribution in [0.3, 0.4) is 0 Å². The van der Waals surface area contributed by atoms with Crippen molar-refractivity contribution in [1.82, 2.24) is 0 Å². The van der Waals surface area contributed by atoms with E-state index in [2.05, 4.69) is 43.9 Å². The summed E-state index contributed by atoms with van der Waals surface area (Å²) in [6.07, 6.45) is 4.54. The van der Waals surface area contributed by atoms with Gasteiger partial charge in [0, 0.05) is 21.3 Å². The van der Waals surface area contributed by atoms with E-state index in [0.29, 0.717) is 12.8 Å². The zero-order chi connectivity index (χ0) is 15.3. The highest BCUT2D eigenvalue weighted by molar-refractivity contribution is 7.86. The molecule has 0 saturated carbocycles. The van der Waals surface area contributed by atoms with Crippen molar-refractivity contribution in [3.63, 3.8) is 0 Å². The molecular weight excluding hydrogens is 296 g/mol. The third kappa shape index (κ3) is 2.90. The zero-order valence-corrected chi connectivity index (χ0v) is 15.1. The molecule has 116 valence electrons. The Hall–Kier alpha value is -0.453. The maximum absolute atomic E-state index is 12.3. The fourth-order valence-electron chi connectivity index (χ4n) is 3.80. The van der Waals surface area contributed by atoms with Gasteiger partial charge in [0.05, 0.1) is 13.7 Å². The van der Waals surface area contributed by atoms with Gasteiger partial charge in [-0.15, -0.1) is 0 Å². The summed E-state index contributed by atoms with van der Waals surface area (Å²) in [6, 6.07) is 8.61. The third-order valence-electron chi connectivity index (χ3n) is 5.13. The molecule has 0 spiro atoms. The fourth-order valence-corrected chi connectivity index (χ4v) is 7.19. The Bertz CT molecular complexity index is 531. The van der Waals surface area contributed by atoms with Gasteiger partial charge in [-0.05, 0) is 31.2 Å². The molecule has 2 aliphatic heterocycles. The topological polar surface area (TPSA) is 37.3 Å². The summed E-state index contributed by atoms with van der Waals surface area (Å²) in [7, 11) is -2.02. The van der Waals surface area contributed by atoms with Gasteiger partial charge in [-0.2, -0.15) is 0 Å². The minimum atomic E-state index is -1.29. The van der Waals surface area contributed by atoms with Crippen LogP contribution in [-0.2, 0) is 16.4 Å². The number of aliphatic hydroxyl groups is 1. The molecule has 2 saturated heterocycles. The molecule has 1 aromatic rings. The summed E-state index contributed by atoms with van der Waals surface area (Å²) in [4.78, 5) is 0. The Labute approximate surface area is 131 Å². The number of hydrogen-bond donors (Lipinski definition) is 1. The average molecular weight is 323 g/mol. The largest absolute Gasteiger partial charge is 0.385 e. The van der Waals surface area contributed by atoms with Crippen LogP contribution < -0.4 is 5.19 Å². The molecule has 3 rings (SSSR count). The minimum Gasteiger partial charge on any atom is -0.385 e. The van der Waals surface area contributed by atoms with Crippen LogP contribution in [-0.4, -0.2) is 27.9 Å². The maximum atomic E-state index is 12.3. The summed E-state index contributed by atoms with van der Waals surface area (Å²) < 4.78 is 12.3. The SMILES string of the molecule is C[Si](C)(C)c1ccc(C2(O)CC3CCCC(C2)S3=O)cc1. The summed E-state index contributed by atoms with van der Waals surface area (Å²) in [6.45, 7) is 7.01. The molecule has 0 amide bonds. The van der Waals surface area contributed by atoms with Gasteiger partial charge >= 0.3 is 0 Å². The molecule has 2 heterocycles. The van der Waals surface area contributed by atoms with Crippen LogP contribution >= 0.6 is 0 Å². The molecule has 1 N–H and O–H groups in total. The van der Waals surface area contributed by atoms with Crippen molar-refractivity contribution < 1.29 is 9.32 Å². The van der Waals surface area contributed by atoms with Gasteiger partial charge in [0.25, 0.3) is 0 Å². The molecule has 2 aliphatic rings. The number of rotatable bonds is 2. The Morgan fingerprint density at radius 1 is 1.10 bits per heavy atom. The molecule has 2 bridgehead atoms. The highest BCUT2D eigenvalue weighted by Crippen LogP contribution is 2.44. The van der Waals surface area contributed by atoms with Gasteiger partial charge in [-0.3, -0.25) is 4.21 Å². The van der Waals surface area contributed by atoms with Crippen LogP contribution in [0.25, 0.3) is 0 Å². The van der Waals surface area contributed by atoms with Gasteiger partial charge in [-0.1, -0.05) is 55.5 Å². The van der Waals surface area contributed by atoms with Crippen LogP contribution in [0.1, 0.15) is 37.7 Å². The third-order valence-corrected chi connectivity index (χ3v) is 9.31. The van der Waals surface area contributed by atoms with Crippen LogP contribution in [0, 0.1) is 0 Å². The monoisotopic (exact) mass is 322 g/mol. The second-order valence-corrected chi connectivity index (χ2v) is 14.8. The second-order valence-electron chi connectivity index (χ2n) is 7.77. The van der Waals surface area contributed by atoms with Crippen molar-refractivity contribution in [1.29, 1.82) is 0 Å². The van der Waals surface area contributed by atoms with E-state index in [9.17, 15) is 9.32 Å². The number of fused-ring (bicyclic) bond motifs is 2. The van der Waals surface area contributed by atoms with Crippen LogP contribution in [0.2, 0.25) is 19.6 Å². The Morgan fingerprint density at radius 2 is 1.62 bits per heavy atom. The normalized spacial score (nSPS) is 36.5. The summed E-state index contributed by atoms with van der Waals surface area (Å²) in [5.41, 5.74) is 0.264. The highest BCUT2D eigenvalue weighted by atomic mass is 32.2. The highest BCUT2D eigenvalue weighted by Gasteiger charge is 2.46. The number of benzene rings is 1. The van der Waals surface area contributed by atoms with Gasteiger partial charge in [0.15, 0.2) is 0 Å². The molecular formula is C17H26O2SSi. The molecule has 0 radical (unpaired) electrons. The maximum Gasteiger partial charge on any atom is 0.0919 e. The van der Waals surface area contributed by atoms with Crippen molar-refractivity contribution in [2.24, 2.45) is 0 Å². The predicted octanol–water partition coefficient (Wildman–Crippen LogP) is 2.88. The molecule has 0 aliphatic carbocycles. The van der Waals surface area contributed by atoms with Crippen molar-refractivity contribution in [2.75, 3.05) is 0 Å². The lowest BCUT2D eigenvalue weighted by molar-refractivity contribution is 0.00656. The first-order chi connectivity index (χ1) is 9.79. The Kier molecular flexibility index (Phi) is 3.91. The fraction of sp³-hybridized carbons (Fsp3) is 0.647. The van der Waals surface area contributed by atoms with Crippen molar-refractivity contribution in [3.8, 4) is 0 Å². The van der Waals surface area contributed by atoms with Crippen LogP contribution in [0.15, 0.2) is 24.3 Å². The zero-order valence-electron chi connectivity index (χ0n) is 13.3. The van der Waals surface area contributed by atoms with Crippen molar-refractivity contribution in [2.45, 2.75) is 67.8 Å². The standard InChI is InChI=1S/C17H26O2SSi/c1-21(2,3)16-9-7-13(8-10-16)17(18)11-14-5-4-6-15(12-17)20(14)19/h7-10,14-15,18H,4-6,11-12H2,1-3H3. The lowest BCUT2D eigenvalue weighted by Gasteiger charge is -2.44. The lowest BCUT2D eigenvalue weighted by atomic mass is 9.80. The van der Waals surface area contributed by atoms with Crippen molar-refractivity contribution >= 4 is 24.1 Å². The van der Waals surface area contributed by atoms with E-state index >= 15 is 0 Å². The molecule has 2 fully saturated rings. The molecule has 0 aromatic heterocycles. The summed E-state index contributed by atoms with van der Waals surface area (Å²) in [5, 5.41) is 12.9. The van der Waals surface area contributed by atoms with E-state index in [1.807, 2.05) is 0 Å². The van der Waals surface area contributed by atoms with Crippen molar-refractivity contribution in [3.05, 3.63) is 29.8 Å². The first-order valence-corrected chi connectivity index (χ1v) is 12.8. The van der Waals surface area contributed by atoms with E-state index in [0.717, 1.165) is 18.4 Å². The Morgan fingerprint density at radius 3 is 2.10 bits per heavy atom. The van der Waals surface area contributed by atoms with E-state index < -0.39 is 24.5 Å². The molecule has 2 atom stereocenters. The molecule has 21 heavy (non-hydrogen) atoms. The van der Waals surface area contributed by atoms with E-state index in [1.165, 1.54) is 11.6 Å². The van der Waals surface area contributed by atoms with Crippen LogP contribution in [0.4, 0.5) is 0 Å². The smallest absolute Gasteiger partial charge is 0.0919 e. The van der Waals surface area contributed by atoms with E-state index in [4.69, 9.17) is 0 Å². The molecule has 4 heteroatoms. The van der Waals surface area contributed by atoms with E-state index in [-0.39, 0.29) is 10.5 Å². The summed E-state index contributed by atoms with van der Waals surface area (Å²) >= 11 is 0. The van der Waals surface area contributed by atoms with Gasteiger partial charge in [0.1, 0.15) is 0 Å². The van der Waals surface area contributed by atoms with Gasteiger partial charge in [-0.25, -0.2) is 0 Å². The average Bonchev–Trinajstić information content (AvgIpc) is 2.40. The minimum absolute atomic E-state index is 0.194. The first kappa shape index (κ1) is 15.4. The lowest BCUT2D eigenvalue weighted by Crippen LogP contribution is -2.47. The molecule has 2 unspecified atom stereocenters. The quantitative estimate of drug-likeness (QED) is 0.850. The Balaban J connectivity index is 1.87. The summed E-state index contributed by atoms with van der Waals surface area (Å²) in [5.74, 6) is 0. The second kappa shape index (κ2) is 5.32. The van der Waals surface area contributed by atoms with Crippen LogP contribution in [0.5, 0.6) is 0 Å².